The average Bonchev–Trinajstić information content (AvgIpc) is 2.36. The molecule has 0 aliphatic rings. The van der Waals surface area contributed by atoms with Crippen molar-refractivity contribution >= 4 is 5.91 Å². The van der Waals surface area contributed by atoms with Crippen LogP contribution in [0.25, 0.3) is 0 Å². The van der Waals surface area contributed by atoms with Crippen LogP contribution in [-0.4, -0.2) is 30.4 Å². The molecule has 1 rings (SSSR count). The molecule has 5 heteroatoms. The van der Waals surface area contributed by atoms with Crippen LogP contribution >= 0.6 is 0 Å². The van der Waals surface area contributed by atoms with Crippen LogP contribution in [0.3, 0.4) is 0 Å². The van der Waals surface area contributed by atoms with E-state index in [2.05, 4.69) is 0 Å². The highest BCUT2D eigenvalue weighted by Crippen LogP contribution is 2.13. The maximum absolute atomic E-state index is 13.5. The first-order chi connectivity index (χ1) is 8.60. The van der Waals surface area contributed by atoms with Gasteiger partial charge in [0.05, 0.1) is 5.56 Å². The van der Waals surface area contributed by atoms with Gasteiger partial charge in [0.2, 0.25) is 0 Å². The van der Waals surface area contributed by atoms with Crippen molar-refractivity contribution in [1.29, 1.82) is 0 Å². The molecule has 0 aromatic heterocycles. The topological polar surface area (TPSA) is 46.3 Å². The van der Waals surface area contributed by atoms with Crippen molar-refractivity contribution in [3.05, 3.63) is 35.4 Å². The SMILES string of the molecule is CCCCN(CCN)C(=O)c1cc(F)ccc1F. The highest BCUT2D eigenvalue weighted by molar-refractivity contribution is 5.94. The Morgan fingerprint density at radius 3 is 2.67 bits per heavy atom. The Balaban J connectivity index is 2.90. The number of halogens is 2. The Hall–Kier alpha value is -1.49. The van der Waals surface area contributed by atoms with E-state index in [-0.39, 0.29) is 5.56 Å². The van der Waals surface area contributed by atoms with Crippen molar-refractivity contribution in [3.63, 3.8) is 0 Å². The van der Waals surface area contributed by atoms with Gasteiger partial charge in [-0.15, -0.1) is 0 Å². The van der Waals surface area contributed by atoms with E-state index >= 15 is 0 Å². The first-order valence-corrected chi connectivity index (χ1v) is 6.04. The Kier molecular flexibility index (Phi) is 5.71. The minimum absolute atomic E-state index is 0.237. The molecule has 0 spiro atoms. The monoisotopic (exact) mass is 256 g/mol. The van der Waals surface area contributed by atoms with Crippen LogP contribution in [0.2, 0.25) is 0 Å². The zero-order chi connectivity index (χ0) is 13.5. The lowest BCUT2D eigenvalue weighted by Crippen LogP contribution is -2.36. The van der Waals surface area contributed by atoms with Crippen LogP contribution in [0.4, 0.5) is 8.78 Å². The molecule has 0 atom stereocenters. The highest BCUT2D eigenvalue weighted by Gasteiger charge is 2.18. The maximum atomic E-state index is 13.5. The second kappa shape index (κ2) is 7.06. The molecule has 3 nitrogen and oxygen atoms in total. The van der Waals surface area contributed by atoms with Gasteiger partial charge in [-0.05, 0) is 24.6 Å². The number of hydrogen-bond acceptors (Lipinski definition) is 2. The summed E-state index contributed by atoms with van der Waals surface area (Å²) >= 11 is 0. The Morgan fingerprint density at radius 2 is 2.06 bits per heavy atom. The van der Waals surface area contributed by atoms with E-state index in [1.807, 2.05) is 6.92 Å². The van der Waals surface area contributed by atoms with Crippen LogP contribution < -0.4 is 5.73 Å². The normalized spacial score (nSPS) is 10.4. The van der Waals surface area contributed by atoms with E-state index in [0.29, 0.717) is 19.6 Å². The number of rotatable bonds is 6. The number of benzene rings is 1. The molecule has 0 unspecified atom stereocenters. The lowest BCUT2D eigenvalue weighted by atomic mass is 10.1. The fourth-order valence-electron chi connectivity index (χ4n) is 1.65. The number of hydrogen-bond donors (Lipinski definition) is 1. The first kappa shape index (κ1) is 14.6. The Labute approximate surface area is 106 Å². The summed E-state index contributed by atoms with van der Waals surface area (Å²) < 4.78 is 26.5. The average molecular weight is 256 g/mol. The van der Waals surface area contributed by atoms with Gasteiger partial charge in [0.25, 0.3) is 5.91 Å². The Morgan fingerprint density at radius 1 is 1.33 bits per heavy atom. The quantitative estimate of drug-likeness (QED) is 0.847. The molecule has 0 fully saturated rings. The number of unbranched alkanes of at least 4 members (excludes halogenated alkanes) is 1. The predicted octanol–water partition coefficient (Wildman–Crippen LogP) is 2.17. The predicted molar refractivity (Wildman–Crippen MR) is 66.2 cm³/mol. The molecule has 0 saturated carbocycles. The van der Waals surface area contributed by atoms with Crippen molar-refractivity contribution in [2.75, 3.05) is 19.6 Å². The fraction of sp³-hybridized carbons (Fsp3) is 0.462. The number of amides is 1. The minimum Gasteiger partial charge on any atom is -0.337 e. The summed E-state index contributed by atoms with van der Waals surface area (Å²) in [5, 5.41) is 0. The second-order valence-corrected chi connectivity index (χ2v) is 4.06. The lowest BCUT2D eigenvalue weighted by molar-refractivity contribution is 0.0753. The summed E-state index contributed by atoms with van der Waals surface area (Å²) in [6, 6.07) is 2.88. The van der Waals surface area contributed by atoms with Gasteiger partial charge in [-0.3, -0.25) is 4.79 Å². The number of carbonyl (C=O) groups excluding carboxylic acids is 1. The largest absolute Gasteiger partial charge is 0.337 e. The molecule has 100 valence electrons. The van der Waals surface area contributed by atoms with Gasteiger partial charge in [-0.25, -0.2) is 8.78 Å². The van der Waals surface area contributed by atoms with E-state index in [4.69, 9.17) is 5.73 Å². The smallest absolute Gasteiger partial charge is 0.256 e. The first-order valence-electron chi connectivity index (χ1n) is 6.04. The molecule has 2 N–H and O–H groups in total. The summed E-state index contributed by atoms with van der Waals surface area (Å²) in [7, 11) is 0. The molecule has 0 radical (unpaired) electrons. The van der Waals surface area contributed by atoms with E-state index in [1.165, 1.54) is 4.90 Å². The van der Waals surface area contributed by atoms with Gasteiger partial charge in [0.15, 0.2) is 0 Å². The minimum atomic E-state index is -0.708. The van der Waals surface area contributed by atoms with Crippen molar-refractivity contribution in [2.24, 2.45) is 5.73 Å². The molecule has 1 aromatic rings. The summed E-state index contributed by atoms with van der Waals surface area (Å²) in [6.07, 6.45) is 1.72. The molecule has 0 saturated heterocycles. The van der Waals surface area contributed by atoms with Gasteiger partial charge in [-0.1, -0.05) is 13.3 Å². The number of nitrogens with zero attached hydrogens (tertiary/aromatic N) is 1. The summed E-state index contributed by atoms with van der Waals surface area (Å²) in [5.74, 6) is -1.84. The van der Waals surface area contributed by atoms with Crippen LogP contribution in [0.5, 0.6) is 0 Å². The lowest BCUT2D eigenvalue weighted by Gasteiger charge is -2.22. The van der Waals surface area contributed by atoms with Gasteiger partial charge < -0.3 is 10.6 Å². The molecule has 18 heavy (non-hydrogen) atoms. The van der Waals surface area contributed by atoms with Gasteiger partial charge in [0.1, 0.15) is 11.6 Å². The summed E-state index contributed by atoms with van der Waals surface area (Å²) in [4.78, 5) is 13.5. The molecule has 0 aliphatic heterocycles. The summed E-state index contributed by atoms with van der Waals surface area (Å²) in [5.41, 5.74) is 5.19. The molecule has 0 aliphatic carbocycles. The van der Waals surface area contributed by atoms with Gasteiger partial charge in [0, 0.05) is 19.6 Å². The zero-order valence-electron chi connectivity index (χ0n) is 10.5. The van der Waals surface area contributed by atoms with Crippen molar-refractivity contribution in [3.8, 4) is 0 Å². The molecule has 0 heterocycles. The fourth-order valence-corrected chi connectivity index (χ4v) is 1.65. The van der Waals surface area contributed by atoms with Crippen LogP contribution in [0, 0.1) is 11.6 Å². The third-order valence-corrected chi connectivity index (χ3v) is 2.63. The van der Waals surface area contributed by atoms with Crippen LogP contribution in [0.1, 0.15) is 30.1 Å². The molecular formula is C13H18F2N2O. The van der Waals surface area contributed by atoms with Crippen molar-refractivity contribution < 1.29 is 13.6 Å². The van der Waals surface area contributed by atoms with Crippen molar-refractivity contribution in [2.45, 2.75) is 19.8 Å². The van der Waals surface area contributed by atoms with Crippen LogP contribution in [0.15, 0.2) is 18.2 Å². The maximum Gasteiger partial charge on any atom is 0.256 e. The van der Waals surface area contributed by atoms with E-state index in [9.17, 15) is 13.6 Å². The van der Waals surface area contributed by atoms with Gasteiger partial charge >= 0.3 is 0 Å². The van der Waals surface area contributed by atoms with E-state index < -0.39 is 17.5 Å². The molecule has 0 bridgehead atoms. The number of carbonyl (C=O) groups is 1. The van der Waals surface area contributed by atoms with E-state index in [0.717, 1.165) is 31.0 Å². The highest BCUT2D eigenvalue weighted by atomic mass is 19.1. The van der Waals surface area contributed by atoms with Crippen LogP contribution in [-0.2, 0) is 0 Å². The van der Waals surface area contributed by atoms with E-state index in [1.54, 1.807) is 0 Å². The second-order valence-electron chi connectivity index (χ2n) is 4.06. The molecule has 1 amide bonds. The Bertz CT molecular complexity index is 410. The third-order valence-electron chi connectivity index (χ3n) is 2.63. The molecular weight excluding hydrogens is 238 g/mol. The number of nitrogens with two attached hydrogens (primary N) is 1. The molecule has 1 aromatic carbocycles. The summed E-state index contributed by atoms with van der Waals surface area (Å²) in [6.45, 7) is 3.14. The van der Waals surface area contributed by atoms with Crippen molar-refractivity contribution in [1.82, 2.24) is 4.90 Å². The third kappa shape index (κ3) is 3.77. The standard InChI is InChI=1S/C13H18F2N2O/c1-2-3-7-17(8-6-16)13(18)11-9-10(14)4-5-12(11)15/h4-5,9H,2-3,6-8,16H2,1H3. The zero-order valence-corrected chi connectivity index (χ0v) is 10.5. The van der Waals surface area contributed by atoms with Gasteiger partial charge in [-0.2, -0.15) is 0 Å².